The zero-order valence-corrected chi connectivity index (χ0v) is 17.2. The molecule has 112 valence electrons. The first kappa shape index (κ1) is 16.1. The largest absolute Gasteiger partial charge is 0.234 e. The van der Waals surface area contributed by atoms with Gasteiger partial charge in [0.05, 0.1) is 18.0 Å². The van der Waals surface area contributed by atoms with Gasteiger partial charge in [-0.1, -0.05) is 26.2 Å². The molecule has 0 aliphatic rings. The van der Waals surface area contributed by atoms with Gasteiger partial charge < -0.3 is 0 Å². The van der Waals surface area contributed by atoms with E-state index in [1.54, 1.807) is 22.7 Å². The fraction of sp³-hybridized carbons (Fsp3) is 0.400. The number of aryl methyl sites for hydroxylation is 1. The van der Waals surface area contributed by atoms with Crippen molar-refractivity contribution >= 4 is 75.4 Å². The molecular formula is C15H15Br2NS3. The lowest BCUT2D eigenvalue weighted by atomic mass is 10.1. The lowest BCUT2D eigenvalue weighted by Gasteiger charge is -1.98. The zero-order chi connectivity index (χ0) is 14.8. The Labute approximate surface area is 153 Å². The maximum Gasteiger partial charge on any atom is 0.135 e. The van der Waals surface area contributed by atoms with E-state index in [9.17, 15) is 0 Å². The summed E-state index contributed by atoms with van der Waals surface area (Å²) in [5.41, 5.74) is 2.55. The molecule has 3 rings (SSSR count). The predicted molar refractivity (Wildman–Crippen MR) is 104 cm³/mol. The second-order valence-electron chi connectivity index (χ2n) is 4.96. The molecule has 1 nitrogen and oxygen atoms in total. The molecular weight excluding hydrogens is 450 g/mol. The van der Waals surface area contributed by atoms with Crippen molar-refractivity contribution in [1.29, 1.82) is 0 Å². The fourth-order valence-electron chi connectivity index (χ4n) is 2.24. The molecule has 0 bridgehead atoms. The van der Waals surface area contributed by atoms with Crippen LogP contribution in [-0.4, -0.2) is 4.98 Å². The summed E-state index contributed by atoms with van der Waals surface area (Å²) in [7, 11) is 0. The van der Waals surface area contributed by atoms with Crippen LogP contribution in [-0.2, 0) is 6.42 Å². The monoisotopic (exact) mass is 463 g/mol. The summed E-state index contributed by atoms with van der Waals surface area (Å²) >= 11 is 12.6. The van der Waals surface area contributed by atoms with E-state index in [0.29, 0.717) is 0 Å². The Morgan fingerprint density at radius 2 is 1.90 bits per heavy atom. The highest BCUT2D eigenvalue weighted by atomic mass is 79.9. The smallest absolute Gasteiger partial charge is 0.135 e. The molecule has 3 heterocycles. The Hall–Kier alpha value is 0.250. The Balaban J connectivity index is 1.77. The van der Waals surface area contributed by atoms with Gasteiger partial charge in [-0.25, -0.2) is 4.98 Å². The number of thiophene rings is 2. The first-order valence-electron chi connectivity index (χ1n) is 7.02. The Bertz CT molecular complexity index is 710. The molecule has 0 aromatic carbocycles. The van der Waals surface area contributed by atoms with E-state index in [1.807, 2.05) is 11.3 Å². The van der Waals surface area contributed by atoms with E-state index in [4.69, 9.17) is 4.98 Å². The molecule has 0 fully saturated rings. The number of thiazole rings is 1. The molecule has 0 atom stereocenters. The van der Waals surface area contributed by atoms with E-state index < -0.39 is 0 Å². The van der Waals surface area contributed by atoms with Gasteiger partial charge in [0.1, 0.15) is 9.02 Å². The highest BCUT2D eigenvalue weighted by molar-refractivity contribution is 9.11. The van der Waals surface area contributed by atoms with E-state index in [0.717, 1.165) is 14.3 Å². The van der Waals surface area contributed by atoms with Crippen molar-refractivity contribution in [3.05, 3.63) is 25.3 Å². The minimum atomic E-state index is 1.11. The average molecular weight is 465 g/mol. The van der Waals surface area contributed by atoms with Gasteiger partial charge >= 0.3 is 0 Å². The molecule has 0 saturated heterocycles. The Morgan fingerprint density at radius 3 is 2.67 bits per heavy atom. The van der Waals surface area contributed by atoms with Gasteiger partial charge in [0.25, 0.3) is 0 Å². The third-order valence-electron chi connectivity index (χ3n) is 3.33. The van der Waals surface area contributed by atoms with E-state index in [-0.39, 0.29) is 0 Å². The standard InChI is InChI=1S/C15H15Br2NS3/c1-2-3-4-5-6-9-7-11(19-13(9)17)14-18-10-8-12(16)20-15(10)21-14/h7-8H,2-6H2,1H3. The van der Waals surface area contributed by atoms with Gasteiger partial charge in [0.2, 0.25) is 0 Å². The summed E-state index contributed by atoms with van der Waals surface area (Å²) in [6, 6.07) is 4.42. The molecule has 3 aromatic rings. The van der Waals surface area contributed by atoms with Gasteiger partial charge in [0.15, 0.2) is 0 Å². The highest BCUT2D eigenvalue weighted by Gasteiger charge is 2.14. The molecule has 0 unspecified atom stereocenters. The van der Waals surface area contributed by atoms with Crippen molar-refractivity contribution in [3.8, 4) is 9.88 Å². The van der Waals surface area contributed by atoms with Gasteiger partial charge in [-0.3, -0.25) is 0 Å². The highest BCUT2D eigenvalue weighted by Crippen LogP contribution is 2.42. The number of rotatable bonds is 6. The topological polar surface area (TPSA) is 12.9 Å². The maximum absolute atomic E-state index is 4.76. The molecule has 0 spiro atoms. The molecule has 0 amide bonds. The SMILES string of the molecule is CCCCCCc1cc(-c2nc3cc(Br)sc3s2)sc1Br. The second-order valence-corrected chi connectivity index (χ2v) is 11.0. The van der Waals surface area contributed by atoms with Crippen LogP contribution < -0.4 is 0 Å². The number of hydrogen-bond donors (Lipinski definition) is 0. The third kappa shape index (κ3) is 3.78. The number of aromatic nitrogens is 1. The normalized spacial score (nSPS) is 11.6. The van der Waals surface area contributed by atoms with Crippen LogP contribution in [0.2, 0.25) is 0 Å². The molecule has 3 aromatic heterocycles. The second kappa shape index (κ2) is 7.21. The summed E-state index contributed by atoms with van der Waals surface area (Å²) < 4.78 is 3.73. The summed E-state index contributed by atoms with van der Waals surface area (Å²) in [6.07, 6.45) is 6.41. The van der Waals surface area contributed by atoms with Gasteiger partial charge in [-0.2, -0.15) is 0 Å². The quantitative estimate of drug-likeness (QED) is 0.340. The molecule has 0 radical (unpaired) electrons. The number of unbranched alkanes of at least 4 members (excludes halogenated alkanes) is 3. The van der Waals surface area contributed by atoms with E-state index in [2.05, 4.69) is 50.9 Å². The van der Waals surface area contributed by atoms with Gasteiger partial charge in [-0.15, -0.1) is 34.0 Å². The fourth-order valence-corrected chi connectivity index (χ4v) is 7.08. The summed E-state index contributed by atoms with van der Waals surface area (Å²) in [6.45, 7) is 2.26. The number of nitrogens with zero attached hydrogens (tertiary/aromatic N) is 1. The van der Waals surface area contributed by atoms with Crippen molar-refractivity contribution in [2.24, 2.45) is 0 Å². The molecule has 21 heavy (non-hydrogen) atoms. The van der Waals surface area contributed by atoms with Crippen LogP contribution in [0.25, 0.3) is 19.4 Å². The molecule has 6 heteroatoms. The summed E-state index contributed by atoms with van der Waals surface area (Å²) in [5, 5.41) is 1.15. The van der Waals surface area contributed by atoms with Crippen LogP contribution in [0.5, 0.6) is 0 Å². The lowest BCUT2D eigenvalue weighted by Crippen LogP contribution is -1.83. The van der Waals surface area contributed by atoms with Crippen LogP contribution >= 0.6 is 65.9 Å². The molecule has 0 aliphatic heterocycles. The van der Waals surface area contributed by atoms with Crippen molar-refractivity contribution in [2.45, 2.75) is 39.0 Å². The maximum atomic E-state index is 4.76. The molecule has 0 saturated carbocycles. The van der Waals surface area contributed by atoms with Crippen molar-refractivity contribution in [2.75, 3.05) is 0 Å². The first-order chi connectivity index (χ1) is 10.2. The zero-order valence-electron chi connectivity index (χ0n) is 11.6. The van der Waals surface area contributed by atoms with Gasteiger partial charge in [-0.05, 0) is 62.4 Å². The van der Waals surface area contributed by atoms with E-state index >= 15 is 0 Å². The Morgan fingerprint density at radius 1 is 1.05 bits per heavy atom. The number of fused-ring (bicyclic) bond motifs is 1. The van der Waals surface area contributed by atoms with Crippen LogP contribution in [0.3, 0.4) is 0 Å². The van der Waals surface area contributed by atoms with Gasteiger partial charge in [0, 0.05) is 0 Å². The van der Waals surface area contributed by atoms with Crippen LogP contribution in [0, 0.1) is 0 Å². The number of halogens is 2. The summed E-state index contributed by atoms with van der Waals surface area (Å²) in [4.78, 5) is 6.05. The average Bonchev–Trinajstić information content (AvgIpc) is 3.08. The van der Waals surface area contributed by atoms with Crippen LogP contribution in [0.15, 0.2) is 19.7 Å². The number of hydrogen-bond acceptors (Lipinski definition) is 4. The van der Waals surface area contributed by atoms with Crippen LogP contribution in [0.1, 0.15) is 38.2 Å². The molecule has 0 aliphatic carbocycles. The first-order valence-corrected chi connectivity index (χ1v) is 11.1. The minimum Gasteiger partial charge on any atom is -0.234 e. The summed E-state index contributed by atoms with van der Waals surface area (Å²) in [5.74, 6) is 0. The Kier molecular flexibility index (Phi) is 5.54. The van der Waals surface area contributed by atoms with Crippen molar-refractivity contribution in [1.82, 2.24) is 4.98 Å². The lowest BCUT2D eigenvalue weighted by molar-refractivity contribution is 0.667. The minimum absolute atomic E-state index is 1.11. The molecule has 0 N–H and O–H groups in total. The third-order valence-corrected chi connectivity index (χ3v) is 8.25. The van der Waals surface area contributed by atoms with Crippen molar-refractivity contribution < 1.29 is 0 Å². The van der Waals surface area contributed by atoms with E-state index in [1.165, 1.54) is 50.3 Å². The predicted octanol–water partition coefficient (Wildman–Crippen LogP) is 7.73. The van der Waals surface area contributed by atoms with Crippen LogP contribution in [0.4, 0.5) is 0 Å². The van der Waals surface area contributed by atoms with Crippen molar-refractivity contribution in [3.63, 3.8) is 0 Å².